The summed E-state index contributed by atoms with van der Waals surface area (Å²) in [5, 5.41) is 9.36. The molecule has 1 aliphatic heterocycles. The van der Waals surface area contributed by atoms with E-state index in [4.69, 9.17) is 22.3 Å². The highest BCUT2D eigenvalue weighted by Crippen LogP contribution is 2.38. The molecule has 0 saturated heterocycles. The first-order valence-electron chi connectivity index (χ1n) is 10.5. The van der Waals surface area contributed by atoms with Gasteiger partial charge in [-0.1, -0.05) is 55.8 Å². The smallest absolute Gasteiger partial charge is 0.278 e. The molecule has 4 rings (SSSR count). The Bertz CT molecular complexity index is 1370. The van der Waals surface area contributed by atoms with Gasteiger partial charge in [0.05, 0.1) is 11.8 Å². The van der Waals surface area contributed by atoms with E-state index < -0.39 is 6.17 Å². The lowest BCUT2D eigenvalue weighted by molar-refractivity contribution is 0.0689. The van der Waals surface area contributed by atoms with Crippen molar-refractivity contribution < 1.29 is 14.3 Å². The number of halogens is 2. The largest absolute Gasteiger partial charge is 0.481 e. The molecular weight excluding hydrogens is 574 g/mol. The third-order valence-corrected chi connectivity index (χ3v) is 6.07. The van der Waals surface area contributed by atoms with Crippen molar-refractivity contribution in [1.82, 2.24) is 5.01 Å². The molecule has 0 radical (unpaired) electrons. The molecule has 0 bridgehead atoms. The number of benzene rings is 3. The van der Waals surface area contributed by atoms with Gasteiger partial charge < -0.3 is 14.8 Å². The van der Waals surface area contributed by atoms with E-state index >= 15 is 0 Å². The molecule has 0 aromatic heterocycles. The lowest BCUT2D eigenvalue weighted by Gasteiger charge is -2.35. The van der Waals surface area contributed by atoms with Crippen LogP contribution >= 0.6 is 31.9 Å². The second-order valence-electron chi connectivity index (χ2n) is 7.34. The first-order chi connectivity index (χ1) is 17.0. The lowest BCUT2D eigenvalue weighted by Crippen LogP contribution is -2.39. The minimum absolute atomic E-state index is 0.0864. The van der Waals surface area contributed by atoms with Gasteiger partial charge in [-0.2, -0.15) is 5.10 Å². The van der Waals surface area contributed by atoms with Gasteiger partial charge in [-0.25, -0.2) is 5.01 Å². The zero-order valence-electron chi connectivity index (χ0n) is 18.4. The zero-order valence-corrected chi connectivity index (χ0v) is 21.5. The SMILES string of the molecule is C#CCOc1ccc(Br)cc1/C=N/N1C(=O)c2ccccc2NC1c1cc(Br)ccc1OCC#C. The molecule has 35 heavy (non-hydrogen) atoms. The molecule has 3 aromatic carbocycles. The summed E-state index contributed by atoms with van der Waals surface area (Å²) >= 11 is 6.98. The van der Waals surface area contributed by atoms with Crippen molar-refractivity contribution in [3.8, 4) is 36.2 Å². The van der Waals surface area contributed by atoms with Crippen LogP contribution in [0.25, 0.3) is 0 Å². The fraction of sp³-hybridized carbons (Fsp3) is 0.111. The van der Waals surface area contributed by atoms with Crippen LogP contribution < -0.4 is 14.8 Å². The fourth-order valence-corrected chi connectivity index (χ4v) is 4.31. The highest BCUT2D eigenvalue weighted by Gasteiger charge is 2.34. The van der Waals surface area contributed by atoms with Crippen LogP contribution in [0, 0.1) is 24.7 Å². The number of carbonyl (C=O) groups excluding carboxylic acids is 1. The van der Waals surface area contributed by atoms with Crippen LogP contribution in [-0.2, 0) is 0 Å². The topological polar surface area (TPSA) is 63.2 Å². The normalized spacial score (nSPS) is 14.6. The number of hydrogen-bond acceptors (Lipinski definition) is 5. The maximum absolute atomic E-state index is 13.6. The number of terminal acetylenes is 2. The minimum Gasteiger partial charge on any atom is -0.481 e. The van der Waals surface area contributed by atoms with Crippen LogP contribution in [0.15, 0.2) is 74.7 Å². The summed E-state index contributed by atoms with van der Waals surface area (Å²) in [7, 11) is 0. The predicted molar refractivity (Wildman–Crippen MR) is 144 cm³/mol. The molecule has 6 nitrogen and oxygen atoms in total. The number of para-hydroxylation sites is 1. The van der Waals surface area contributed by atoms with Gasteiger partial charge in [-0.15, -0.1) is 12.8 Å². The molecule has 0 fully saturated rings. The maximum atomic E-state index is 13.6. The Balaban J connectivity index is 1.80. The van der Waals surface area contributed by atoms with Crippen LogP contribution in [0.1, 0.15) is 27.7 Å². The monoisotopic (exact) mass is 591 g/mol. The van der Waals surface area contributed by atoms with Crippen molar-refractivity contribution in [1.29, 1.82) is 0 Å². The van der Waals surface area contributed by atoms with E-state index in [9.17, 15) is 4.79 Å². The van der Waals surface area contributed by atoms with Crippen molar-refractivity contribution in [2.24, 2.45) is 5.10 Å². The molecule has 8 heteroatoms. The van der Waals surface area contributed by atoms with E-state index in [1.54, 1.807) is 30.5 Å². The lowest BCUT2D eigenvalue weighted by atomic mass is 10.0. The van der Waals surface area contributed by atoms with Gasteiger partial charge in [0.2, 0.25) is 0 Å². The summed E-state index contributed by atoms with van der Waals surface area (Å²) in [4.78, 5) is 13.6. The van der Waals surface area contributed by atoms with Crippen molar-refractivity contribution in [3.05, 3.63) is 86.3 Å². The summed E-state index contributed by atoms with van der Waals surface area (Å²) in [6.07, 6.45) is 11.7. The first-order valence-corrected chi connectivity index (χ1v) is 12.0. The Morgan fingerprint density at radius 3 is 2.37 bits per heavy atom. The average Bonchev–Trinajstić information content (AvgIpc) is 2.86. The molecule has 174 valence electrons. The van der Waals surface area contributed by atoms with E-state index in [0.717, 1.165) is 8.95 Å². The Kier molecular flexibility index (Phi) is 7.77. The van der Waals surface area contributed by atoms with Gasteiger partial charge in [-0.3, -0.25) is 4.79 Å². The molecule has 1 unspecified atom stereocenters. The van der Waals surface area contributed by atoms with E-state index in [-0.39, 0.29) is 19.1 Å². The first kappa shape index (κ1) is 24.4. The van der Waals surface area contributed by atoms with Gasteiger partial charge in [-0.05, 0) is 48.5 Å². The second-order valence-corrected chi connectivity index (χ2v) is 9.17. The molecular formula is C27H19Br2N3O3. The third-order valence-electron chi connectivity index (χ3n) is 5.08. The summed E-state index contributed by atoms with van der Waals surface area (Å²) in [6.45, 7) is 0.194. The average molecular weight is 593 g/mol. The van der Waals surface area contributed by atoms with Crippen molar-refractivity contribution >= 4 is 49.7 Å². The molecule has 0 saturated carbocycles. The van der Waals surface area contributed by atoms with Gasteiger partial charge >= 0.3 is 0 Å². The van der Waals surface area contributed by atoms with Crippen LogP contribution in [-0.4, -0.2) is 30.3 Å². The number of nitrogens with zero attached hydrogens (tertiary/aromatic N) is 2. The number of carbonyl (C=O) groups is 1. The van der Waals surface area contributed by atoms with Crippen molar-refractivity contribution in [2.45, 2.75) is 6.17 Å². The predicted octanol–water partition coefficient (Wildman–Crippen LogP) is 5.84. The summed E-state index contributed by atoms with van der Waals surface area (Å²) < 4.78 is 13.1. The number of hydrogen-bond donors (Lipinski definition) is 1. The van der Waals surface area contributed by atoms with Gasteiger partial charge in [0.15, 0.2) is 6.17 Å². The summed E-state index contributed by atoms with van der Waals surface area (Å²) in [5.41, 5.74) is 2.53. The number of nitrogens with one attached hydrogen (secondary N) is 1. The quantitative estimate of drug-likeness (QED) is 0.277. The third kappa shape index (κ3) is 5.51. The molecule has 0 spiro atoms. The Hall–Kier alpha value is -3.72. The van der Waals surface area contributed by atoms with E-state index in [2.05, 4.69) is 54.1 Å². The van der Waals surface area contributed by atoms with E-state index in [1.165, 1.54) is 5.01 Å². The number of amides is 1. The standard InChI is InChI=1S/C27H19Br2N3O3/c1-3-13-34-24-11-9-19(28)15-18(24)17-30-32-26(31-23-8-6-5-7-21(23)27(32)33)22-16-20(29)10-12-25(22)35-14-4-2/h1-2,5-12,15-17,26,31H,13-14H2/b30-17+. The van der Waals surface area contributed by atoms with Gasteiger partial charge in [0.25, 0.3) is 5.91 Å². The molecule has 1 heterocycles. The van der Waals surface area contributed by atoms with Crippen LogP contribution in [0.5, 0.6) is 11.5 Å². The number of fused-ring (bicyclic) bond motifs is 1. The van der Waals surface area contributed by atoms with Gasteiger partial charge in [0, 0.05) is 25.8 Å². The van der Waals surface area contributed by atoms with Crippen molar-refractivity contribution in [3.63, 3.8) is 0 Å². The highest BCUT2D eigenvalue weighted by atomic mass is 79.9. The number of ether oxygens (including phenoxy) is 2. The molecule has 1 atom stereocenters. The zero-order chi connectivity index (χ0) is 24.8. The summed E-state index contributed by atoms with van der Waals surface area (Å²) in [5.74, 6) is 5.74. The van der Waals surface area contributed by atoms with E-state index in [1.807, 2.05) is 36.4 Å². The van der Waals surface area contributed by atoms with E-state index in [0.29, 0.717) is 33.9 Å². The number of hydrazone groups is 1. The molecule has 3 aromatic rings. The van der Waals surface area contributed by atoms with Crippen LogP contribution in [0.3, 0.4) is 0 Å². The maximum Gasteiger partial charge on any atom is 0.278 e. The number of anilines is 1. The molecule has 1 aliphatic rings. The van der Waals surface area contributed by atoms with Crippen LogP contribution in [0.4, 0.5) is 5.69 Å². The Morgan fingerprint density at radius 1 is 0.971 bits per heavy atom. The minimum atomic E-state index is -0.666. The fourth-order valence-electron chi connectivity index (χ4n) is 3.55. The number of rotatable bonds is 7. The highest BCUT2D eigenvalue weighted by molar-refractivity contribution is 9.10. The Morgan fingerprint density at radius 2 is 1.63 bits per heavy atom. The molecule has 1 amide bonds. The Labute approximate surface area is 220 Å². The summed E-state index contributed by atoms with van der Waals surface area (Å²) in [6, 6.07) is 18.2. The molecule has 1 N–H and O–H groups in total. The van der Waals surface area contributed by atoms with Gasteiger partial charge in [0.1, 0.15) is 24.7 Å². The second kappa shape index (κ2) is 11.1. The molecule has 0 aliphatic carbocycles. The van der Waals surface area contributed by atoms with Crippen molar-refractivity contribution in [2.75, 3.05) is 18.5 Å². The van der Waals surface area contributed by atoms with Crippen LogP contribution in [0.2, 0.25) is 0 Å².